The molecule has 2 aromatic rings. The fraction of sp³-hybridized carbons (Fsp3) is 0.222. The smallest absolute Gasteiger partial charge is 0.267 e. The Labute approximate surface area is 109 Å². The van der Waals surface area contributed by atoms with E-state index in [9.17, 15) is 8.42 Å². The third-order valence-corrected chi connectivity index (χ3v) is 4.31. The van der Waals surface area contributed by atoms with E-state index in [4.69, 9.17) is 0 Å². The lowest BCUT2D eigenvalue weighted by Gasteiger charge is -2.09. The maximum Gasteiger partial charge on any atom is 0.267 e. The van der Waals surface area contributed by atoms with E-state index < -0.39 is 10.0 Å². The number of anilines is 2. The zero-order chi connectivity index (χ0) is 13.2. The highest BCUT2D eigenvalue weighted by Gasteiger charge is 2.20. The van der Waals surface area contributed by atoms with Gasteiger partial charge in [-0.05, 0) is 13.0 Å². The first-order valence-electron chi connectivity index (χ1n) is 4.98. The molecule has 0 aliphatic carbocycles. The van der Waals surface area contributed by atoms with Crippen molar-refractivity contribution in [3.05, 3.63) is 24.3 Å². The van der Waals surface area contributed by atoms with Crippen LogP contribution in [-0.2, 0) is 10.0 Å². The Morgan fingerprint density at radius 2 is 2.17 bits per heavy atom. The van der Waals surface area contributed by atoms with E-state index >= 15 is 0 Å². The van der Waals surface area contributed by atoms with Crippen molar-refractivity contribution in [1.82, 2.24) is 14.3 Å². The number of nitrogens with one attached hydrogen (secondary N) is 2. The molecule has 2 heterocycles. The predicted octanol–water partition coefficient (Wildman–Crippen LogP) is 1.08. The SMILES string of the molecule is CNc1ccncc1S(=O)(=O)Nc1nc(C)ns1. The van der Waals surface area contributed by atoms with Gasteiger partial charge in [-0.25, -0.2) is 13.4 Å². The van der Waals surface area contributed by atoms with Gasteiger partial charge in [-0.1, -0.05) is 0 Å². The van der Waals surface area contributed by atoms with Crippen LogP contribution >= 0.6 is 11.5 Å². The Morgan fingerprint density at radius 1 is 1.39 bits per heavy atom. The van der Waals surface area contributed by atoms with E-state index in [1.54, 1.807) is 20.0 Å². The fourth-order valence-electron chi connectivity index (χ4n) is 1.31. The summed E-state index contributed by atoms with van der Waals surface area (Å²) in [6, 6.07) is 1.58. The number of aryl methyl sites for hydroxylation is 1. The van der Waals surface area contributed by atoms with E-state index in [2.05, 4.69) is 24.4 Å². The Bertz CT molecular complexity index is 652. The van der Waals surface area contributed by atoms with Crippen LogP contribution in [0.25, 0.3) is 0 Å². The van der Waals surface area contributed by atoms with Gasteiger partial charge in [0.25, 0.3) is 10.0 Å². The van der Waals surface area contributed by atoms with Gasteiger partial charge in [0.15, 0.2) is 0 Å². The van der Waals surface area contributed by atoms with Gasteiger partial charge in [-0.2, -0.15) is 4.37 Å². The second-order valence-corrected chi connectivity index (χ2v) is 5.78. The summed E-state index contributed by atoms with van der Waals surface area (Å²) in [5.41, 5.74) is 0.471. The number of sulfonamides is 1. The van der Waals surface area contributed by atoms with E-state index in [0.29, 0.717) is 11.5 Å². The van der Waals surface area contributed by atoms with Crippen molar-refractivity contribution in [2.24, 2.45) is 0 Å². The summed E-state index contributed by atoms with van der Waals surface area (Å²) in [7, 11) is -2.07. The first-order valence-corrected chi connectivity index (χ1v) is 7.23. The van der Waals surface area contributed by atoms with E-state index in [1.165, 1.54) is 12.4 Å². The molecule has 18 heavy (non-hydrogen) atoms. The van der Waals surface area contributed by atoms with Gasteiger partial charge in [0.05, 0.1) is 5.69 Å². The molecule has 7 nitrogen and oxygen atoms in total. The molecule has 0 radical (unpaired) electrons. The summed E-state index contributed by atoms with van der Waals surface area (Å²) in [5, 5.41) is 3.04. The van der Waals surface area contributed by atoms with Crippen molar-refractivity contribution in [3.63, 3.8) is 0 Å². The second kappa shape index (κ2) is 4.86. The van der Waals surface area contributed by atoms with Gasteiger partial charge < -0.3 is 5.32 Å². The third-order valence-electron chi connectivity index (χ3n) is 2.09. The maximum atomic E-state index is 12.1. The summed E-state index contributed by atoms with van der Waals surface area (Å²) < 4.78 is 30.6. The van der Waals surface area contributed by atoms with Gasteiger partial charge >= 0.3 is 0 Å². The second-order valence-electron chi connectivity index (χ2n) is 3.37. The van der Waals surface area contributed by atoms with Gasteiger partial charge in [0.2, 0.25) is 5.13 Å². The van der Waals surface area contributed by atoms with E-state index in [0.717, 1.165) is 11.5 Å². The zero-order valence-electron chi connectivity index (χ0n) is 9.71. The van der Waals surface area contributed by atoms with Crippen LogP contribution in [0, 0.1) is 6.92 Å². The van der Waals surface area contributed by atoms with Crippen molar-refractivity contribution < 1.29 is 8.42 Å². The van der Waals surface area contributed by atoms with Crippen molar-refractivity contribution in [2.75, 3.05) is 17.1 Å². The summed E-state index contributed by atoms with van der Waals surface area (Å²) in [5.74, 6) is 0.526. The molecule has 9 heteroatoms. The van der Waals surface area contributed by atoms with Gasteiger partial charge in [0, 0.05) is 31.0 Å². The van der Waals surface area contributed by atoms with Crippen molar-refractivity contribution in [1.29, 1.82) is 0 Å². The molecule has 0 amide bonds. The number of hydrogen-bond acceptors (Lipinski definition) is 7. The average molecular weight is 285 g/mol. The molecule has 0 saturated carbocycles. The lowest BCUT2D eigenvalue weighted by molar-refractivity contribution is 0.601. The van der Waals surface area contributed by atoms with Crippen LogP contribution in [0.15, 0.2) is 23.4 Å². The average Bonchev–Trinajstić information content (AvgIpc) is 2.74. The van der Waals surface area contributed by atoms with Gasteiger partial charge in [-0.15, -0.1) is 0 Å². The van der Waals surface area contributed by atoms with Crippen LogP contribution in [-0.4, -0.2) is 29.8 Å². The van der Waals surface area contributed by atoms with Crippen LogP contribution < -0.4 is 10.0 Å². The molecule has 96 valence electrons. The molecule has 0 aliphatic heterocycles. The van der Waals surface area contributed by atoms with Crippen LogP contribution in [0.1, 0.15) is 5.82 Å². The molecule has 2 rings (SSSR count). The summed E-state index contributed by atoms with van der Waals surface area (Å²) in [6.45, 7) is 1.69. The maximum absolute atomic E-state index is 12.1. The van der Waals surface area contributed by atoms with Crippen molar-refractivity contribution in [2.45, 2.75) is 11.8 Å². The molecule has 0 spiro atoms. The van der Waals surface area contributed by atoms with Crippen molar-refractivity contribution in [3.8, 4) is 0 Å². The van der Waals surface area contributed by atoms with Crippen molar-refractivity contribution >= 4 is 32.4 Å². The quantitative estimate of drug-likeness (QED) is 0.872. The number of pyridine rings is 1. The monoisotopic (exact) mass is 285 g/mol. The number of hydrogen-bond donors (Lipinski definition) is 2. The van der Waals surface area contributed by atoms with Crippen LogP contribution in [0.2, 0.25) is 0 Å². The van der Waals surface area contributed by atoms with Crippen LogP contribution in [0.5, 0.6) is 0 Å². The number of nitrogens with zero attached hydrogens (tertiary/aromatic N) is 3. The fourth-order valence-corrected chi connectivity index (χ4v) is 3.26. The molecule has 0 saturated heterocycles. The Morgan fingerprint density at radius 3 is 2.78 bits per heavy atom. The van der Waals surface area contributed by atoms with Crippen LogP contribution in [0.3, 0.4) is 0 Å². The standard InChI is InChI=1S/C9H11N5O2S2/c1-6-12-9(17-13-6)14-18(15,16)8-5-11-4-3-7(8)10-2/h3-5H,1-2H3,(H,10,11)(H,12,13,14). The summed E-state index contributed by atoms with van der Waals surface area (Å²) in [4.78, 5) is 7.84. The zero-order valence-corrected chi connectivity index (χ0v) is 11.3. The third kappa shape index (κ3) is 2.57. The first-order chi connectivity index (χ1) is 8.53. The number of rotatable bonds is 4. The van der Waals surface area contributed by atoms with Gasteiger partial charge in [-0.3, -0.25) is 9.71 Å². The highest BCUT2D eigenvalue weighted by molar-refractivity contribution is 7.93. The lowest BCUT2D eigenvalue weighted by atomic mass is 10.4. The Balaban J connectivity index is 2.36. The topological polar surface area (TPSA) is 96.9 Å². The summed E-state index contributed by atoms with van der Waals surface area (Å²) in [6.07, 6.45) is 2.79. The van der Waals surface area contributed by atoms with E-state index in [1.807, 2.05) is 0 Å². The minimum Gasteiger partial charge on any atom is -0.387 e. The largest absolute Gasteiger partial charge is 0.387 e. The molecular formula is C9H11N5O2S2. The molecule has 0 bridgehead atoms. The molecule has 2 N–H and O–H groups in total. The Kier molecular flexibility index (Phi) is 3.43. The van der Waals surface area contributed by atoms with E-state index in [-0.39, 0.29) is 10.0 Å². The first kappa shape index (κ1) is 12.7. The summed E-state index contributed by atoms with van der Waals surface area (Å²) >= 11 is 0.992. The van der Waals surface area contributed by atoms with Crippen LogP contribution in [0.4, 0.5) is 10.8 Å². The Hall–Kier alpha value is -1.74. The molecule has 0 aliphatic rings. The molecule has 0 atom stereocenters. The predicted molar refractivity (Wildman–Crippen MR) is 69.2 cm³/mol. The molecule has 2 aromatic heterocycles. The number of aromatic nitrogens is 3. The lowest BCUT2D eigenvalue weighted by Crippen LogP contribution is -2.15. The molecule has 0 unspecified atom stereocenters. The molecular weight excluding hydrogens is 274 g/mol. The normalized spacial score (nSPS) is 11.2. The minimum absolute atomic E-state index is 0.0698. The highest BCUT2D eigenvalue weighted by atomic mass is 32.2. The minimum atomic E-state index is -3.71. The highest BCUT2D eigenvalue weighted by Crippen LogP contribution is 2.22. The van der Waals surface area contributed by atoms with Gasteiger partial charge in [0.1, 0.15) is 10.7 Å². The molecule has 0 aromatic carbocycles. The molecule has 0 fully saturated rings.